The van der Waals surface area contributed by atoms with Crippen LogP contribution < -0.4 is 0 Å². The molecule has 4 rings (SSSR count). The smallest absolute Gasteiger partial charge is 0.302 e. The topological polar surface area (TPSA) is 52.6 Å². The third-order valence-corrected chi connectivity index (χ3v) is 8.86. The summed E-state index contributed by atoms with van der Waals surface area (Å²) in [6.45, 7) is 8.36. The van der Waals surface area contributed by atoms with Crippen LogP contribution in [0.4, 0.5) is 0 Å². The van der Waals surface area contributed by atoms with Crippen molar-refractivity contribution in [3.63, 3.8) is 0 Å². The van der Waals surface area contributed by atoms with Gasteiger partial charge in [-0.3, -0.25) is 9.59 Å². The van der Waals surface area contributed by atoms with Gasteiger partial charge in [0, 0.05) is 20.3 Å². The van der Waals surface area contributed by atoms with Crippen LogP contribution in [-0.2, 0) is 19.1 Å². The zero-order chi connectivity index (χ0) is 20.8. The minimum absolute atomic E-state index is 0.0690. The fraction of sp³-hybridized carbons (Fsp3) is 0.760. The van der Waals surface area contributed by atoms with E-state index in [1.807, 2.05) is 0 Å². The van der Waals surface area contributed by atoms with Crippen molar-refractivity contribution in [1.82, 2.24) is 0 Å². The lowest BCUT2D eigenvalue weighted by Gasteiger charge is -2.57. The van der Waals surface area contributed by atoms with Crippen molar-refractivity contribution in [2.75, 3.05) is 6.61 Å². The van der Waals surface area contributed by atoms with E-state index in [9.17, 15) is 9.59 Å². The summed E-state index contributed by atoms with van der Waals surface area (Å²) >= 11 is 0. The second-order valence-electron chi connectivity index (χ2n) is 10.3. The molecule has 6 atom stereocenters. The monoisotopic (exact) mass is 400 g/mol. The van der Waals surface area contributed by atoms with Gasteiger partial charge < -0.3 is 9.47 Å². The molecule has 0 heterocycles. The zero-order valence-corrected chi connectivity index (χ0v) is 18.5. The van der Waals surface area contributed by atoms with E-state index in [0.717, 1.165) is 43.4 Å². The van der Waals surface area contributed by atoms with Gasteiger partial charge in [-0.15, -0.1) is 0 Å². The Kier molecular flexibility index (Phi) is 5.41. The summed E-state index contributed by atoms with van der Waals surface area (Å²) in [5.41, 5.74) is 3.59. The van der Waals surface area contributed by atoms with Crippen LogP contribution in [0.3, 0.4) is 0 Å². The molecule has 4 aliphatic carbocycles. The highest BCUT2D eigenvalue weighted by atomic mass is 16.5. The highest BCUT2D eigenvalue weighted by Gasteiger charge is 2.57. The van der Waals surface area contributed by atoms with E-state index < -0.39 is 0 Å². The quantitative estimate of drug-likeness (QED) is 0.472. The molecule has 0 bridgehead atoms. The van der Waals surface area contributed by atoms with Gasteiger partial charge in [-0.25, -0.2) is 0 Å². The second-order valence-corrected chi connectivity index (χ2v) is 10.3. The number of hydrogen-bond donors (Lipinski definition) is 0. The molecular weight excluding hydrogens is 364 g/mol. The molecule has 4 aliphatic rings. The number of carbonyl (C=O) groups excluding carboxylic acids is 2. The molecule has 4 nitrogen and oxygen atoms in total. The van der Waals surface area contributed by atoms with Crippen LogP contribution in [0.5, 0.6) is 0 Å². The first-order valence-electron chi connectivity index (χ1n) is 11.4. The third-order valence-electron chi connectivity index (χ3n) is 8.86. The van der Waals surface area contributed by atoms with Crippen LogP contribution in [-0.4, -0.2) is 24.6 Å². The Balaban J connectivity index is 1.52. The molecular formula is C25H36O4. The molecule has 0 radical (unpaired) electrons. The van der Waals surface area contributed by atoms with E-state index in [1.165, 1.54) is 45.1 Å². The molecule has 0 unspecified atom stereocenters. The molecule has 160 valence electrons. The Hall–Kier alpha value is -1.58. The lowest BCUT2D eigenvalue weighted by atomic mass is 9.48. The molecule has 0 aliphatic heterocycles. The van der Waals surface area contributed by atoms with Gasteiger partial charge in [-0.2, -0.15) is 0 Å². The van der Waals surface area contributed by atoms with Crippen molar-refractivity contribution in [3.8, 4) is 0 Å². The van der Waals surface area contributed by atoms with Gasteiger partial charge in [-0.05, 0) is 79.6 Å². The summed E-state index contributed by atoms with van der Waals surface area (Å²) in [5.74, 6) is 1.86. The molecule has 0 N–H and O–H groups in total. The van der Waals surface area contributed by atoms with E-state index in [4.69, 9.17) is 9.47 Å². The fourth-order valence-electron chi connectivity index (χ4n) is 7.41. The number of esters is 2. The predicted molar refractivity (Wildman–Crippen MR) is 112 cm³/mol. The minimum Gasteiger partial charge on any atom is -0.462 e. The van der Waals surface area contributed by atoms with Crippen molar-refractivity contribution < 1.29 is 19.1 Å². The van der Waals surface area contributed by atoms with Crippen LogP contribution in [0.2, 0.25) is 0 Å². The molecule has 0 aromatic heterocycles. The van der Waals surface area contributed by atoms with Gasteiger partial charge in [0.2, 0.25) is 0 Å². The predicted octanol–water partition coefficient (Wildman–Crippen LogP) is 5.37. The highest BCUT2D eigenvalue weighted by molar-refractivity contribution is 5.66. The maximum atomic E-state index is 11.4. The largest absolute Gasteiger partial charge is 0.462 e. The second kappa shape index (κ2) is 7.59. The molecule has 0 spiro atoms. The van der Waals surface area contributed by atoms with Gasteiger partial charge >= 0.3 is 11.9 Å². The molecule has 3 fully saturated rings. The van der Waals surface area contributed by atoms with Gasteiger partial charge in [0.05, 0.1) is 0 Å². The Bertz CT molecular complexity index is 750. The first-order chi connectivity index (χ1) is 13.7. The summed E-state index contributed by atoms with van der Waals surface area (Å²) in [7, 11) is 0. The summed E-state index contributed by atoms with van der Waals surface area (Å²) in [6, 6.07) is 0. The van der Waals surface area contributed by atoms with E-state index >= 15 is 0 Å². The van der Waals surface area contributed by atoms with E-state index in [-0.39, 0.29) is 28.9 Å². The highest BCUT2D eigenvalue weighted by Crippen LogP contribution is 2.66. The average Bonchev–Trinajstić information content (AvgIpc) is 2.98. The van der Waals surface area contributed by atoms with Crippen molar-refractivity contribution in [3.05, 3.63) is 23.3 Å². The van der Waals surface area contributed by atoms with Gasteiger partial charge in [0.1, 0.15) is 12.7 Å². The number of carbonyl (C=O) groups is 2. The van der Waals surface area contributed by atoms with Gasteiger partial charge in [0.25, 0.3) is 0 Å². The molecule has 3 saturated carbocycles. The third kappa shape index (κ3) is 3.57. The van der Waals surface area contributed by atoms with E-state index in [1.54, 1.807) is 5.57 Å². The van der Waals surface area contributed by atoms with E-state index in [0.29, 0.717) is 6.61 Å². The van der Waals surface area contributed by atoms with Crippen molar-refractivity contribution in [2.24, 2.45) is 28.6 Å². The van der Waals surface area contributed by atoms with Gasteiger partial charge in [0.15, 0.2) is 0 Å². The number of allylic oxidation sites excluding steroid dienone is 2. The SMILES string of the molecule is CC(=O)OC/C=C1\CC[C@H]2[C@@H]3CC=C4C[C@H](OC(C)=O)CC[C@]4(C)[C@H]3CC[C@]12C. The lowest BCUT2D eigenvalue weighted by Crippen LogP contribution is -2.49. The van der Waals surface area contributed by atoms with Crippen LogP contribution in [0.25, 0.3) is 0 Å². The van der Waals surface area contributed by atoms with Crippen molar-refractivity contribution in [2.45, 2.75) is 85.2 Å². The average molecular weight is 401 g/mol. The first kappa shape index (κ1) is 20.7. The number of rotatable bonds is 3. The molecule has 29 heavy (non-hydrogen) atoms. The van der Waals surface area contributed by atoms with Crippen LogP contribution in [0.15, 0.2) is 23.3 Å². The number of hydrogen-bond acceptors (Lipinski definition) is 4. The maximum absolute atomic E-state index is 11.4. The fourth-order valence-corrected chi connectivity index (χ4v) is 7.41. The van der Waals surface area contributed by atoms with Crippen LogP contribution in [0, 0.1) is 28.6 Å². The first-order valence-corrected chi connectivity index (χ1v) is 11.4. The zero-order valence-electron chi connectivity index (χ0n) is 18.5. The minimum atomic E-state index is -0.201. The lowest BCUT2D eigenvalue weighted by molar-refractivity contribution is -0.148. The molecule has 0 amide bonds. The summed E-state index contributed by atoms with van der Waals surface area (Å²) in [4.78, 5) is 22.5. The standard InChI is InChI=1S/C25H36O4/c1-16(26)28-14-11-18-6-8-22-21-7-5-19-15-20(29-17(2)27)9-12-25(19,4)23(21)10-13-24(18,22)3/h5,11,20-23H,6-10,12-15H2,1-4H3/b18-11+/t20-,21+,22+,23+,24-,25+/m1/s1. The van der Waals surface area contributed by atoms with E-state index in [2.05, 4.69) is 26.0 Å². The molecule has 4 heteroatoms. The summed E-state index contributed by atoms with van der Waals surface area (Å²) in [5, 5.41) is 0. The number of ether oxygens (including phenoxy) is 2. The summed E-state index contributed by atoms with van der Waals surface area (Å²) < 4.78 is 10.8. The number of fused-ring (bicyclic) bond motifs is 5. The maximum Gasteiger partial charge on any atom is 0.302 e. The Labute approximate surface area is 175 Å². The Morgan fingerprint density at radius 1 is 1.07 bits per heavy atom. The molecule has 0 aromatic carbocycles. The molecule has 0 aromatic rings. The normalized spacial score (nSPS) is 42.3. The molecule has 0 saturated heterocycles. The van der Waals surface area contributed by atoms with Crippen LogP contribution >= 0.6 is 0 Å². The Morgan fingerprint density at radius 3 is 2.52 bits per heavy atom. The Morgan fingerprint density at radius 2 is 1.79 bits per heavy atom. The summed E-state index contributed by atoms with van der Waals surface area (Å²) in [6.07, 6.45) is 13.9. The van der Waals surface area contributed by atoms with Gasteiger partial charge in [-0.1, -0.05) is 31.1 Å². The van der Waals surface area contributed by atoms with Crippen molar-refractivity contribution >= 4 is 11.9 Å². The van der Waals surface area contributed by atoms with Crippen molar-refractivity contribution in [1.29, 1.82) is 0 Å². The van der Waals surface area contributed by atoms with Crippen LogP contribution in [0.1, 0.15) is 79.1 Å².